The van der Waals surface area contributed by atoms with Crippen molar-refractivity contribution in [2.45, 2.75) is 38.5 Å². The monoisotopic (exact) mass is 632 g/mol. The fraction of sp³-hybridized carbons (Fsp3) is 0.267. The van der Waals surface area contributed by atoms with Gasteiger partial charge in [-0.25, -0.2) is 0 Å². The molecular weight excluding hydrogens is 603 g/mol. The van der Waals surface area contributed by atoms with Gasteiger partial charge in [-0.05, 0) is 46.9 Å². The molecule has 3 aromatic carbocycles. The molecule has 0 amide bonds. The number of ether oxygens (including phenoxy) is 1. The van der Waals surface area contributed by atoms with Crippen LogP contribution in [0.4, 0.5) is 27.9 Å². The standard InChI is InChI=1S/C30H29F5N6O2S/c1-19(2)25-6-4-3-5-22(25)17-26(44)39-37-18-20-7-9-21(10-8-20)27-38-28(36-15-16-42)41(40-27)23-11-13-24(14-12-23)43-30(34,35)29(31,32)33/h3-14,18-19,42H,15-17H2,1-2H3,(H,39,44)(H,36,38,40). The molecule has 0 radical (unpaired) electrons. The highest BCUT2D eigenvalue weighted by molar-refractivity contribution is 7.80. The Kier molecular flexibility index (Phi) is 10.3. The number of hydrogen-bond donors (Lipinski definition) is 3. The predicted molar refractivity (Wildman–Crippen MR) is 162 cm³/mol. The second-order valence-corrected chi connectivity index (χ2v) is 10.4. The van der Waals surface area contributed by atoms with Crippen LogP contribution in [0.25, 0.3) is 17.1 Å². The van der Waals surface area contributed by atoms with Gasteiger partial charge in [0.2, 0.25) is 5.95 Å². The molecule has 4 aromatic rings. The molecule has 0 bridgehead atoms. The molecule has 1 aromatic heterocycles. The van der Waals surface area contributed by atoms with E-state index in [1.165, 1.54) is 22.4 Å². The molecule has 0 aliphatic heterocycles. The highest BCUT2D eigenvalue weighted by Crippen LogP contribution is 2.37. The van der Waals surface area contributed by atoms with Crippen molar-refractivity contribution < 1.29 is 31.8 Å². The lowest BCUT2D eigenvalue weighted by Crippen LogP contribution is -2.41. The van der Waals surface area contributed by atoms with Gasteiger partial charge in [0.15, 0.2) is 5.82 Å². The molecule has 1 heterocycles. The number of hydrazone groups is 1. The zero-order valence-corrected chi connectivity index (χ0v) is 24.5. The minimum Gasteiger partial charge on any atom is -0.426 e. The molecular formula is C30H29F5N6O2S. The first kappa shape index (κ1) is 32.5. The number of hydrogen-bond acceptors (Lipinski definition) is 7. The number of rotatable bonds is 12. The maximum atomic E-state index is 13.3. The summed E-state index contributed by atoms with van der Waals surface area (Å²) in [6, 6.07) is 19.7. The Hall–Kier alpha value is -4.43. The van der Waals surface area contributed by atoms with Gasteiger partial charge in [0.05, 0.1) is 18.5 Å². The van der Waals surface area contributed by atoms with Crippen molar-refractivity contribution in [2.24, 2.45) is 5.10 Å². The lowest BCUT2D eigenvalue weighted by Gasteiger charge is -2.20. The van der Waals surface area contributed by atoms with Gasteiger partial charge >= 0.3 is 12.3 Å². The van der Waals surface area contributed by atoms with Crippen molar-refractivity contribution in [3.05, 3.63) is 89.5 Å². The summed E-state index contributed by atoms with van der Waals surface area (Å²) in [7, 11) is 0. The number of nitrogens with one attached hydrogen (secondary N) is 2. The number of aliphatic hydroxyl groups excluding tert-OH is 1. The number of aromatic nitrogens is 3. The van der Waals surface area contributed by atoms with Crippen LogP contribution in [0.3, 0.4) is 0 Å². The van der Waals surface area contributed by atoms with Crippen molar-refractivity contribution in [1.82, 2.24) is 20.2 Å². The predicted octanol–water partition coefficient (Wildman–Crippen LogP) is 6.49. The summed E-state index contributed by atoms with van der Waals surface area (Å²) < 4.78 is 69.1. The summed E-state index contributed by atoms with van der Waals surface area (Å²) in [4.78, 5) is 5.03. The molecule has 0 atom stereocenters. The van der Waals surface area contributed by atoms with E-state index in [9.17, 15) is 27.1 Å². The number of anilines is 1. The second-order valence-electron chi connectivity index (χ2n) is 9.88. The second kappa shape index (κ2) is 13.9. The Morgan fingerprint density at radius 1 is 1.02 bits per heavy atom. The Morgan fingerprint density at radius 3 is 2.34 bits per heavy atom. The fourth-order valence-corrected chi connectivity index (χ4v) is 4.33. The zero-order chi connectivity index (χ0) is 31.9. The van der Waals surface area contributed by atoms with E-state index in [1.807, 2.05) is 12.1 Å². The number of nitrogens with zero attached hydrogens (tertiary/aromatic N) is 4. The van der Waals surface area contributed by atoms with Crippen LogP contribution in [0, 0.1) is 0 Å². The minimum absolute atomic E-state index is 0.129. The lowest BCUT2D eigenvalue weighted by atomic mass is 9.95. The topological polar surface area (TPSA) is 96.6 Å². The molecule has 0 saturated carbocycles. The van der Waals surface area contributed by atoms with E-state index < -0.39 is 18.0 Å². The van der Waals surface area contributed by atoms with Crippen LogP contribution in [-0.2, 0) is 6.42 Å². The molecule has 14 heteroatoms. The van der Waals surface area contributed by atoms with Gasteiger partial charge in [-0.1, -0.05) is 74.6 Å². The van der Waals surface area contributed by atoms with Crippen molar-refractivity contribution in [3.63, 3.8) is 0 Å². The first-order chi connectivity index (χ1) is 20.9. The third-order valence-electron chi connectivity index (χ3n) is 6.26. The molecule has 232 valence electrons. The third-order valence-corrected chi connectivity index (χ3v) is 6.49. The van der Waals surface area contributed by atoms with E-state index in [1.54, 1.807) is 30.5 Å². The van der Waals surface area contributed by atoms with Gasteiger partial charge in [-0.2, -0.15) is 36.7 Å². The molecule has 0 spiro atoms. The zero-order valence-electron chi connectivity index (χ0n) is 23.6. The van der Waals surface area contributed by atoms with Crippen molar-refractivity contribution in [1.29, 1.82) is 0 Å². The summed E-state index contributed by atoms with van der Waals surface area (Å²) in [6.07, 6.45) is -9.02. The number of halogens is 5. The van der Waals surface area contributed by atoms with E-state index in [-0.39, 0.29) is 19.1 Å². The van der Waals surface area contributed by atoms with Crippen LogP contribution in [0.1, 0.15) is 36.5 Å². The van der Waals surface area contributed by atoms with E-state index in [0.29, 0.717) is 34.4 Å². The summed E-state index contributed by atoms with van der Waals surface area (Å²) in [5, 5.41) is 20.8. The highest BCUT2D eigenvalue weighted by atomic mass is 32.1. The van der Waals surface area contributed by atoms with Crippen LogP contribution < -0.4 is 15.5 Å². The molecule has 8 nitrogen and oxygen atoms in total. The minimum atomic E-state index is -5.86. The SMILES string of the molecule is CC(C)c1ccccc1CC(=S)NN=Cc1ccc(-c2nc(NCCO)n(-c3ccc(OC(F)(F)C(F)(F)F)cc3)n2)cc1. The van der Waals surface area contributed by atoms with E-state index in [0.717, 1.165) is 23.3 Å². The average molecular weight is 633 g/mol. The van der Waals surface area contributed by atoms with Crippen LogP contribution in [0.5, 0.6) is 5.75 Å². The largest absolute Gasteiger partial charge is 0.499 e. The van der Waals surface area contributed by atoms with E-state index >= 15 is 0 Å². The molecule has 0 aliphatic rings. The van der Waals surface area contributed by atoms with Gasteiger partial charge in [-0.3, -0.25) is 5.43 Å². The Labute approximate surface area is 255 Å². The molecule has 0 fully saturated rings. The van der Waals surface area contributed by atoms with Gasteiger partial charge in [0.1, 0.15) is 10.7 Å². The first-order valence-electron chi connectivity index (χ1n) is 13.4. The summed E-state index contributed by atoms with van der Waals surface area (Å²) in [5.74, 6) is 0.196. The number of aliphatic hydroxyl groups is 1. The molecule has 44 heavy (non-hydrogen) atoms. The molecule has 0 aliphatic carbocycles. The Balaban J connectivity index is 1.45. The first-order valence-corrected chi connectivity index (χ1v) is 13.8. The third kappa shape index (κ3) is 8.14. The lowest BCUT2D eigenvalue weighted by molar-refractivity contribution is -0.360. The van der Waals surface area contributed by atoms with Crippen molar-refractivity contribution in [2.75, 3.05) is 18.5 Å². The van der Waals surface area contributed by atoms with E-state index in [2.05, 4.69) is 56.6 Å². The summed E-state index contributed by atoms with van der Waals surface area (Å²) in [5.41, 5.74) is 6.99. The molecule has 4 rings (SSSR count). The summed E-state index contributed by atoms with van der Waals surface area (Å²) in [6.45, 7) is 4.18. The average Bonchev–Trinajstić information content (AvgIpc) is 3.40. The summed E-state index contributed by atoms with van der Waals surface area (Å²) >= 11 is 5.46. The van der Waals surface area contributed by atoms with Crippen LogP contribution in [0.2, 0.25) is 0 Å². The molecule has 0 unspecified atom stereocenters. The quantitative estimate of drug-likeness (QED) is 0.0711. The van der Waals surface area contributed by atoms with Crippen molar-refractivity contribution in [3.8, 4) is 22.8 Å². The number of thiocarbonyl (C=S) groups is 1. The van der Waals surface area contributed by atoms with Crippen LogP contribution >= 0.6 is 12.2 Å². The van der Waals surface area contributed by atoms with Gasteiger partial charge in [-0.15, -0.1) is 5.10 Å². The maximum absolute atomic E-state index is 13.3. The van der Waals surface area contributed by atoms with Gasteiger partial charge < -0.3 is 15.2 Å². The number of alkyl halides is 5. The smallest absolute Gasteiger partial charge is 0.426 e. The van der Waals surface area contributed by atoms with Crippen LogP contribution in [0.15, 0.2) is 77.9 Å². The normalized spacial score (nSPS) is 12.1. The van der Waals surface area contributed by atoms with Crippen LogP contribution in [-0.4, -0.2) is 56.5 Å². The fourth-order valence-electron chi connectivity index (χ4n) is 4.13. The maximum Gasteiger partial charge on any atom is 0.499 e. The highest BCUT2D eigenvalue weighted by Gasteiger charge is 2.61. The molecule has 0 saturated heterocycles. The number of benzene rings is 3. The molecule has 3 N–H and O–H groups in total. The van der Waals surface area contributed by atoms with E-state index in [4.69, 9.17) is 12.2 Å². The van der Waals surface area contributed by atoms with Gasteiger partial charge in [0.25, 0.3) is 0 Å². The Morgan fingerprint density at radius 2 is 1.70 bits per heavy atom. The van der Waals surface area contributed by atoms with Gasteiger partial charge in [0, 0.05) is 18.5 Å². The van der Waals surface area contributed by atoms with Crippen molar-refractivity contribution >= 4 is 29.4 Å². The Bertz CT molecular complexity index is 1590.